The van der Waals surface area contributed by atoms with Crippen LogP contribution in [0.15, 0.2) is 38.6 Å². The molecule has 0 saturated carbocycles. The Morgan fingerprint density at radius 3 is 2.50 bits per heavy atom. The molecule has 0 radical (unpaired) electrons. The minimum Gasteiger partial charge on any atom is -0.207 e. The molecule has 16 heavy (non-hydrogen) atoms. The van der Waals surface area contributed by atoms with Crippen LogP contribution in [0.2, 0.25) is 0 Å². The van der Waals surface area contributed by atoms with Crippen molar-refractivity contribution in [2.45, 2.75) is 5.38 Å². The highest BCUT2D eigenvalue weighted by Crippen LogP contribution is 2.39. The van der Waals surface area contributed by atoms with Crippen molar-refractivity contribution in [3.8, 4) is 0 Å². The van der Waals surface area contributed by atoms with E-state index in [0.29, 0.717) is 10.0 Å². The fourth-order valence-electron chi connectivity index (χ4n) is 1.36. The third-order valence-electron chi connectivity index (χ3n) is 2.10. The van der Waals surface area contributed by atoms with Crippen molar-refractivity contribution in [1.82, 2.24) is 0 Å². The maximum atomic E-state index is 13.7. The van der Waals surface area contributed by atoms with E-state index >= 15 is 0 Å². The monoisotopic (exact) mass is 382 g/mol. The Kier molecular flexibility index (Phi) is 4.06. The second kappa shape index (κ2) is 5.17. The number of alkyl halides is 1. The lowest BCUT2D eigenvalue weighted by molar-refractivity contribution is 0.611. The van der Waals surface area contributed by atoms with Crippen LogP contribution in [0.1, 0.15) is 15.8 Å². The maximum Gasteiger partial charge on any atom is 0.129 e. The molecule has 0 N–H and O–H groups in total. The third kappa shape index (κ3) is 2.50. The molecule has 1 heterocycles. The van der Waals surface area contributed by atoms with Gasteiger partial charge in [0.1, 0.15) is 5.82 Å². The van der Waals surface area contributed by atoms with E-state index in [0.717, 1.165) is 8.66 Å². The van der Waals surface area contributed by atoms with Gasteiger partial charge in [-0.2, -0.15) is 0 Å². The minimum absolute atomic E-state index is 0.293. The summed E-state index contributed by atoms with van der Waals surface area (Å²) in [5.74, 6) is -0.293. The molecule has 0 saturated heterocycles. The van der Waals surface area contributed by atoms with Crippen molar-refractivity contribution in [1.29, 1.82) is 0 Å². The van der Waals surface area contributed by atoms with Crippen molar-refractivity contribution < 1.29 is 4.39 Å². The lowest BCUT2D eigenvalue weighted by Crippen LogP contribution is -1.96. The van der Waals surface area contributed by atoms with Gasteiger partial charge in [0.05, 0.1) is 9.16 Å². The van der Waals surface area contributed by atoms with Crippen LogP contribution in [0, 0.1) is 5.82 Å². The SMILES string of the molecule is Fc1cccc(Br)c1C(Cl)c1ccc(Br)s1. The highest BCUT2D eigenvalue weighted by atomic mass is 79.9. The van der Waals surface area contributed by atoms with Crippen LogP contribution in [0.3, 0.4) is 0 Å². The summed E-state index contributed by atoms with van der Waals surface area (Å²) in [4.78, 5) is 0.916. The fraction of sp³-hybridized carbons (Fsp3) is 0.0909. The Morgan fingerprint density at radius 1 is 1.19 bits per heavy atom. The van der Waals surface area contributed by atoms with Crippen LogP contribution in [-0.2, 0) is 0 Å². The molecule has 0 aliphatic carbocycles. The fourth-order valence-corrected chi connectivity index (χ4v) is 3.90. The Bertz CT molecular complexity index is 492. The molecular formula is C11H6Br2ClFS. The third-order valence-corrected chi connectivity index (χ3v) is 5.06. The highest BCUT2D eigenvalue weighted by Gasteiger charge is 2.19. The number of thiophene rings is 1. The first-order valence-corrected chi connectivity index (χ1v) is 7.26. The van der Waals surface area contributed by atoms with E-state index in [2.05, 4.69) is 31.9 Å². The van der Waals surface area contributed by atoms with Gasteiger partial charge in [-0.15, -0.1) is 22.9 Å². The molecular weight excluding hydrogens is 378 g/mol. The molecule has 5 heteroatoms. The van der Waals surface area contributed by atoms with Crippen molar-refractivity contribution in [3.63, 3.8) is 0 Å². The molecule has 2 aromatic rings. The molecule has 84 valence electrons. The summed E-state index contributed by atoms with van der Waals surface area (Å²) in [5, 5.41) is -0.466. The van der Waals surface area contributed by atoms with Crippen molar-refractivity contribution in [3.05, 3.63) is 54.8 Å². The van der Waals surface area contributed by atoms with Crippen LogP contribution >= 0.6 is 54.8 Å². The van der Waals surface area contributed by atoms with Gasteiger partial charge in [-0.3, -0.25) is 0 Å². The molecule has 0 aliphatic rings. The molecule has 0 amide bonds. The van der Waals surface area contributed by atoms with E-state index < -0.39 is 5.38 Å². The van der Waals surface area contributed by atoms with E-state index in [1.54, 1.807) is 12.1 Å². The zero-order valence-corrected chi connectivity index (χ0v) is 12.6. The van der Waals surface area contributed by atoms with Crippen LogP contribution in [0.4, 0.5) is 4.39 Å². The van der Waals surface area contributed by atoms with Crippen molar-refractivity contribution in [2.75, 3.05) is 0 Å². The van der Waals surface area contributed by atoms with Gasteiger partial charge in [0, 0.05) is 14.9 Å². The van der Waals surface area contributed by atoms with Crippen LogP contribution in [0.25, 0.3) is 0 Å². The Balaban J connectivity index is 2.45. The smallest absolute Gasteiger partial charge is 0.129 e. The summed E-state index contributed by atoms with van der Waals surface area (Å²) in [6.45, 7) is 0. The molecule has 1 atom stereocenters. The highest BCUT2D eigenvalue weighted by molar-refractivity contribution is 9.11. The van der Waals surface area contributed by atoms with E-state index in [1.807, 2.05) is 12.1 Å². The minimum atomic E-state index is -0.466. The standard InChI is InChI=1S/C11H6Br2ClFS/c12-6-2-1-3-7(15)10(6)11(14)8-4-5-9(13)16-8/h1-5,11H. The zero-order valence-electron chi connectivity index (χ0n) is 7.88. The van der Waals surface area contributed by atoms with Crippen LogP contribution in [0.5, 0.6) is 0 Å². The first-order valence-electron chi connectivity index (χ1n) is 4.43. The number of rotatable bonds is 2. The molecule has 1 unspecified atom stereocenters. The van der Waals surface area contributed by atoms with Gasteiger partial charge in [-0.25, -0.2) is 4.39 Å². The number of benzene rings is 1. The van der Waals surface area contributed by atoms with Gasteiger partial charge in [0.15, 0.2) is 0 Å². The van der Waals surface area contributed by atoms with Crippen molar-refractivity contribution in [2.24, 2.45) is 0 Å². The van der Waals surface area contributed by atoms with Gasteiger partial charge < -0.3 is 0 Å². The van der Waals surface area contributed by atoms with Gasteiger partial charge in [-0.1, -0.05) is 22.0 Å². The lowest BCUT2D eigenvalue weighted by Gasteiger charge is -2.10. The number of hydrogen-bond donors (Lipinski definition) is 0. The Morgan fingerprint density at radius 2 is 1.94 bits per heavy atom. The molecule has 0 spiro atoms. The molecule has 0 fully saturated rings. The summed E-state index contributed by atoms with van der Waals surface area (Å²) in [6.07, 6.45) is 0. The van der Waals surface area contributed by atoms with Gasteiger partial charge in [0.25, 0.3) is 0 Å². The van der Waals surface area contributed by atoms with Crippen LogP contribution in [-0.4, -0.2) is 0 Å². The van der Waals surface area contributed by atoms with E-state index in [1.165, 1.54) is 17.4 Å². The number of hydrogen-bond acceptors (Lipinski definition) is 1. The average molecular weight is 384 g/mol. The first kappa shape index (κ1) is 12.6. The maximum absolute atomic E-state index is 13.7. The number of halogens is 4. The molecule has 0 bridgehead atoms. The van der Waals surface area contributed by atoms with Crippen LogP contribution < -0.4 is 0 Å². The molecule has 0 aliphatic heterocycles. The topological polar surface area (TPSA) is 0 Å². The molecule has 2 rings (SSSR count). The predicted octanol–water partition coefficient (Wildman–Crippen LogP) is 5.74. The normalized spacial score (nSPS) is 12.8. The zero-order chi connectivity index (χ0) is 11.7. The summed E-state index contributed by atoms with van der Waals surface area (Å²) in [7, 11) is 0. The largest absolute Gasteiger partial charge is 0.207 e. The average Bonchev–Trinajstić information content (AvgIpc) is 2.64. The lowest BCUT2D eigenvalue weighted by atomic mass is 10.1. The second-order valence-corrected chi connectivity index (χ2v) is 6.93. The summed E-state index contributed by atoms with van der Waals surface area (Å²) in [6, 6.07) is 8.65. The van der Waals surface area contributed by atoms with E-state index in [4.69, 9.17) is 11.6 Å². The Hall–Kier alpha value is 0.1000. The van der Waals surface area contributed by atoms with Crippen molar-refractivity contribution >= 4 is 54.8 Å². The summed E-state index contributed by atoms with van der Waals surface area (Å²) in [5.41, 5.74) is 0.485. The quantitative estimate of drug-likeness (QED) is 0.579. The second-order valence-electron chi connectivity index (χ2n) is 3.14. The molecule has 0 nitrogen and oxygen atoms in total. The molecule has 1 aromatic heterocycles. The summed E-state index contributed by atoms with van der Waals surface area (Å²) < 4.78 is 15.4. The van der Waals surface area contributed by atoms with E-state index in [9.17, 15) is 4.39 Å². The molecule has 1 aromatic carbocycles. The van der Waals surface area contributed by atoms with E-state index in [-0.39, 0.29) is 5.82 Å². The first-order chi connectivity index (χ1) is 7.59. The van der Waals surface area contributed by atoms with Gasteiger partial charge in [-0.05, 0) is 40.2 Å². The predicted molar refractivity (Wildman–Crippen MR) is 73.8 cm³/mol. The Labute approximate surface area is 119 Å². The van der Waals surface area contributed by atoms with Gasteiger partial charge >= 0.3 is 0 Å². The van der Waals surface area contributed by atoms with Gasteiger partial charge in [0.2, 0.25) is 0 Å². The summed E-state index contributed by atoms with van der Waals surface area (Å²) >= 11 is 14.5.